The highest BCUT2D eigenvalue weighted by Gasteiger charge is 2.10. The van der Waals surface area contributed by atoms with E-state index < -0.39 is 10.8 Å². The Hall–Kier alpha value is -2.45. The molecule has 1 amide bonds. The first kappa shape index (κ1) is 14.0. The fraction of sp³-hybridized carbons (Fsp3) is 0.0667. The molecule has 20 heavy (non-hydrogen) atoms. The third-order valence-corrected chi connectivity index (χ3v) is 3.87. The van der Waals surface area contributed by atoms with Crippen molar-refractivity contribution in [3.05, 3.63) is 60.2 Å². The first-order chi connectivity index (χ1) is 9.69. The average Bonchev–Trinajstić information content (AvgIpc) is 2.48. The van der Waals surface area contributed by atoms with E-state index in [2.05, 4.69) is 5.32 Å². The minimum atomic E-state index is -1.37. The second-order valence-electron chi connectivity index (χ2n) is 4.04. The molecular weight excluding hydrogens is 272 g/mol. The van der Waals surface area contributed by atoms with Gasteiger partial charge in [-0.15, -0.1) is 0 Å². The van der Waals surface area contributed by atoms with E-state index in [9.17, 15) is 9.00 Å². The number of carbonyl (C=O) groups is 1. The Morgan fingerprint density at radius 2 is 1.90 bits per heavy atom. The van der Waals surface area contributed by atoms with Crippen molar-refractivity contribution in [1.29, 1.82) is 5.26 Å². The summed E-state index contributed by atoms with van der Waals surface area (Å²) in [6.07, 6.45) is 0. The van der Waals surface area contributed by atoms with Gasteiger partial charge in [0.1, 0.15) is 5.75 Å². The molecule has 100 valence electrons. The third kappa shape index (κ3) is 3.77. The van der Waals surface area contributed by atoms with Crippen molar-refractivity contribution >= 4 is 22.4 Å². The normalized spacial score (nSPS) is 11.3. The lowest BCUT2D eigenvalue weighted by atomic mass is 10.2. The molecule has 1 N–H and O–H groups in total. The third-order valence-electron chi connectivity index (χ3n) is 2.54. The Balaban J connectivity index is 1.99. The van der Waals surface area contributed by atoms with Gasteiger partial charge in [0.05, 0.1) is 22.4 Å². The van der Waals surface area contributed by atoms with Gasteiger partial charge in [0.2, 0.25) is 5.91 Å². The Labute approximate surface area is 119 Å². The lowest BCUT2D eigenvalue weighted by Crippen LogP contribution is -2.19. The molecule has 0 spiro atoms. The van der Waals surface area contributed by atoms with Crippen LogP contribution in [0.5, 0.6) is 0 Å². The highest BCUT2D eigenvalue weighted by atomic mass is 32.2. The predicted molar refractivity (Wildman–Crippen MR) is 77.5 cm³/mol. The number of benzene rings is 2. The molecule has 0 aliphatic rings. The molecule has 0 aliphatic carbocycles. The van der Waals surface area contributed by atoms with Gasteiger partial charge < -0.3 is 5.32 Å². The van der Waals surface area contributed by atoms with Crippen LogP contribution in [0, 0.1) is 11.3 Å². The smallest absolute Gasteiger partial charge is 0.237 e. The van der Waals surface area contributed by atoms with Crippen LogP contribution >= 0.6 is 0 Å². The van der Waals surface area contributed by atoms with E-state index in [0.29, 0.717) is 16.1 Å². The second-order valence-corrected chi connectivity index (χ2v) is 5.49. The summed E-state index contributed by atoms with van der Waals surface area (Å²) in [5, 5.41) is 11.4. The van der Waals surface area contributed by atoms with Gasteiger partial charge in [-0.25, -0.2) is 0 Å². The lowest BCUT2D eigenvalue weighted by Gasteiger charge is -2.05. The SMILES string of the molecule is N#Cc1cccc(NC(=O)CS(=O)c2ccccc2)c1. The summed E-state index contributed by atoms with van der Waals surface area (Å²) in [5.74, 6) is -0.455. The van der Waals surface area contributed by atoms with Crippen LogP contribution in [0.2, 0.25) is 0 Å². The van der Waals surface area contributed by atoms with Gasteiger partial charge in [-0.05, 0) is 30.3 Å². The molecule has 2 aromatic carbocycles. The zero-order valence-corrected chi connectivity index (χ0v) is 11.4. The molecule has 0 bridgehead atoms. The first-order valence-electron chi connectivity index (χ1n) is 5.92. The number of anilines is 1. The highest BCUT2D eigenvalue weighted by Crippen LogP contribution is 2.11. The summed E-state index contributed by atoms with van der Waals surface area (Å²) in [5.41, 5.74) is 0.992. The maximum absolute atomic E-state index is 12.0. The molecule has 0 aromatic heterocycles. The number of nitrogens with one attached hydrogen (secondary N) is 1. The number of rotatable bonds is 4. The number of nitriles is 1. The van der Waals surface area contributed by atoms with Crippen LogP contribution in [-0.4, -0.2) is 15.9 Å². The van der Waals surface area contributed by atoms with Crippen molar-refractivity contribution in [3.63, 3.8) is 0 Å². The van der Waals surface area contributed by atoms with Crippen molar-refractivity contribution in [3.8, 4) is 6.07 Å². The summed E-state index contributed by atoms with van der Waals surface area (Å²) in [6.45, 7) is 0. The van der Waals surface area contributed by atoms with E-state index in [0.717, 1.165) is 0 Å². The molecule has 0 heterocycles. The molecule has 1 unspecified atom stereocenters. The topological polar surface area (TPSA) is 70.0 Å². The van der Waals surface area contributed by atoms with Crippen molar-refractivity contribution in [2.24, 2.45) is 0 Å². The van der Waals surface area contributed by atoms with E-state index in [4.69, 9.17) is 5.26 Å². The molecular formula is C15H12N2O2S. The van der Waals surface area contributed by atoms with E-state index in [1.165, 1.54) is 0 Å². The van der Waals surface area contributed by atoms with Crippen LogP contribution in [0.15, 0.2) is 59.5 Å². The van der Waals surface area contributed by atoms with E-state index in [1.807, 2.05) is 12.1 Å². The van der Waals surface area contributed by atoms with Crippen LogP contribution in [0.4, 0.5) is 5.69 Å². The van der Waals surface area contributed by atoms with E-state index in [1.54, 1.807) is 48.5 Å². The summed E-state index contributed by atoms with van der Waals surface area (Å²) in [4.78, 5) is 12.4. The number of nitrogens with zero attached hydrogens (tertiary/aromatic N) is 1. The minimum absolute atomic E-state index is 0.110. The fourth-order valence-electron chi connectivity index (χ4n) is 1.64. The Morgan fingerprint density at radius 1 is 1.15 bits per heavy atom. The Kier molecular flexibility index (Phi) is 4.64. The molecule has 0 aliphatic heterocycles. The summed E-state index contributed by atoms with van der Waals surface area (Å²) >= 11 is 0. The molecule has 4 nitrogen and oxygen atoms in total. The number of carbonyl (C=O) groups excluding carboxylic acids is 1. The van der Waals surface area contributed by atoms with Crippen molar-refractivity contribution in [2.45, 2.75) is 4.90 Å². The maximum Gasteiger partial charge on any atom is 0.237 e. The van der Waals surface area contributed by atoms with Crippen molar-refractivity contribution in [1.82, 2.24) is 0 Å². The summed E-state index contributed by atoms with van der Waals surface area (Å²) < 4.78 is 12.0. The quantitative estimate of drug-likeness (QED) is 0.936. The van der Waals surface area contributed by atoms with Gasteiger partial charge in [-0.1, -0.05) is 24.3 Å². The van der Waals surface area contributed by atoms with E-state index in [-0.39, 0.29) is 11.7 Å². The summed E-state index contributed by atoms with van der Waals surface area (Å²) in [6, 6.07) is 17.4. The van der Waals surface area contributed by atoms with Crippen LogP contribution in [-0.2, 0) is 15.6 Å². The maximum atomic E-state index is 12.0. The fourth-order valence-corrected chi connectivity index (χ4v) is 2.58. The summed E-state index contributed by atoms with van der Waals surface area (Å²) in [7, 11) is -1.37. The highest BCUT2D eigenvalue weighted by molar-refractivity contribution is 7.85. The largest absolute Gasteiger partial charge is 0.325 e. The van der Waals surface area contributed by atoms with Gasteiger partial charge >= 0.3 is 0 Å². The molecule has 0 fully saturated rings. The minimum Gasteiger partial charge on any atom is -0.325 e. The van der Waals surface area contributed by atoms with Crippen LogP contribution in [0.3, 0.4) is 0 Å². The van der Waals surface area contributed by atoms with Gasteiger partial charge in [0, 0.05) is 10.6 Å². The van der Waals surface area contributed by atoms with Gasteiger partial charge in [0.25, 0.3) is 0 Å². The zero-order valence-electron chi connectivity index (χ0n) is 10.6. The second kappa shape index (κ2) is 6.64. The van der Waals surface area contributed by atoms with Gasteiger partial charge in [-0.3, -0.25) is 9.00 Å². The first-order valence-corrected chi connectivity index (χ1v) is 7.24. The van der Waals surface area contributed by atoms with Crippen molar-refractivity contribution < 1.29 is 9.00 Å². The number of hydrogen-bond donors (Lipinski definition) is 1. The van der Waals surface area contributed by atoms with Crippen LogP contribution < -0.4 is 5.32 Å². The monoisotopic (exact) mass is 284 g/mol. The van der Waals surface area contributed by atoms with Crippen molar-refractivity contribution in [2.75, 3.05) is 11.1 Å². The molecule has 1 atom stereocenters. The van der Waals surface area contributed by atoms with Gasteiger partial charge in [0.15, 0.2) is 0 Å². The molecule has 2 aromatic rings. The molecule has 0 saturated carbocycles. The average molecular weight is 284 g/mol. The molecule has 5 heteroatoms. The molecule has 2 rings (SSSR count). The predicted octanol–water partition coefficient (Wildman–Crippen LogP) is 2.30. The van der Waals surface area contributed by atoms with Crippen LogP contribution in [0.1, 0.15) is 5.56 Å². The zero-order chi connectivity index (χ0) is 14.4. The molecule has 0 saturated heterocycles. The molecule has 0 radical (unpaired) electrons. The Bertz CT molecular complexity index is 678. The standard InChI is InChI=1S/C15H12N2O2S/c16-10-12-5-4-6-13(9-12)17-15(18)11-20(19)14-7-2-1-3-8-14/h1-9H,11H2,(H,17,18). The Morgan fingerprint density at radius 3 is 2.60 bits per heavy atom. The van der Waals surface area contributed by atoms with Gasteiger partial charge in [-0.2, -0.15) is 5.26 Å². The van der Waals surface area contributed by atoms with E-state index >= 15 is 0 Å². The lowest BCUT2D eigenvalue weighted by molar-refractivity contribution is -0.113. The number of hydrogen-bond acceptors (Lipinski definition) is 3. The number of amides is 1. The van der Waals surface area contributed by atoms with Crippen LogP contribution in [0.25, 0.3) is 0 Å².